The van der Waals surface area contributed by atoms with Gasteiger partial charge in [-0.15, -0.1) is 0 Å². The Hall–Kier alpha value is -2.23. The van der Waals surface area contributed by atoms with Crippen molar-refractivity contribution in [2.24, 2.45) is 0 Å². The second kappa shape index (κ2) is 45.3. The zero-order valence-electron chi connectivity index (χ0n) is 41.3. The number of esters is 2. The van der Waals surface area contributed by atoms with E-state index in [2.05, 4.69) is 38.2 Å². The Balaban J connectivity index is 4.15. The van der Waals surface area contributed by atoms with Crippen LogP contribution in [0.15, 0.2) is 24.3 Å². The van der Waals surface area contributed by atoms with Gasteiger partial charge in [0.2, 0.25) is 0 Å². The lowest BCUT2D eigenvalue weighted by Crippen LogP contribution is -2.40. The number of nitrogens with zero attached hydrogens (tertiary/aromatic N) is 1. The third kappa shape index (κ3) is 45.8. The maximum absolute atomic E-state index is 12.8. The van der Waals surface area contributed by atoms with Gasteiger partial charge < -0.3 is 28.5 Å². The van der Waals surface area contributed by atoms with Crippen LogP contribution in [0.2, 0.25) is 0 Å². The highest BCUT2D eigenvalue weighted by molar-refractivity contribution is 5.71. The number of carbonyl (C=O) groups is 3. The summed E-state index contributed by atoms with van der Waals surface area (Å²) in [7, 11) is 5.96. The minimum Gasteiger partial charge on any atom is -0.477 e. The normalized spacial score (nSPS) is 13.0. The van der Waals surface area contributed by atoms with Gasteiger partial charge in [0.15, 0.2) is 6.10 Å². The number of carbonyl (C=O) groups excluding carboxylic acids is 2. The highest BCUT2D eigenvalue weighted by Crippen LogP contribution is 2.16. The van der Waals surface area contributed by atoms with Crippen LogP contribution in [-0.2, 0) is 33.3 Å². The molecule has 1 N–H and O–H groups in total. The monoisotopic (exact) mass is 879 g/mol. The first-order chi connectivity index (χ1) is 30.1. The van der Waals surface area contributed by atoms with E-state index in [0.717, 1.165) is 44.9 Å². The summed E-state index contributed by atoms with van der Waals surface area (Å²) in [6, 6.07) is 0. The molecule has 0 spiro atoms. The van der Waals surface area contributed by atoms with Gasteiger partial charge in [0.05, 0.1) is 34.4 Å². The summed E-state index contributed by atoms with van der Waals surface area (Å²) in [5.74, 6) is -1.99. The molecule has 0 aromatic carbocycles. The predicted molar refractivity (Wildman–Crippen MR) is 258 cm³/mol. The lowest BCUT2D eigenvalue weighted by molar-refractivity contribution is -0.870. The van der Waals surface area contributed by atoms with Crippen LogP contribution < -0.4 is 0 Å². The Kier molecular flexibility index (Phi) is 43.7. The molecule has 0 aliphatic carbocycles. The fraction of sp³-hybridized carbons (Fsp3) is 0.868. The van der Waals surface area contributed by atoms with E-state index in [1.54, 1.807) is 0 Å². The number of unbranched alkanes of at least 4 members (excludes halogenated alkanes) is 29. The maximum Gasteiger partial charge on any atom is 0.361 e. The number of ether oxygens (including phenoxy) is 4. The van der Waals surface area contributed by atoms with Gasteiger partial charge in [-0.05, 0) is 44.9 Å². The smallest absolute Gasteiger partial charge is 0.361 e. The van der Waals surface area contributed by atoms with Crippen molar-refractivity contribution in [3.05, 3.63) is 24.3 Å². The van der Waals surface area contributed by atoms with E-state index in [0.29, 0.717) is 17.4 Å². The first-order valence-corrected chi connectivity index (χ1v) is 26.0. The van der Waals surface area contributed by atoms with Crippen molar-refractivity contribution in [2.45, 2.75) is 251 Å². The molecule has 0 amide bonds. The van der Waals surface area contributed by atoms with Crippen LogP contribution >= 0.6 is 0 Å². The molecule has 0 saturated heterocycles. The predicted octanol–water partition coefficient (Wildman–Crippen LogP) is 14.4. The number of aliphatic carboxylic acids is 1. The molecule has 0 fully saturated rings. The van der Waals surface area contributed by atoms with E-state index >= 15 is 0 Å². The molecule has 9 nitrogen and oxygen atoms in total. The molecule has 0 aliphatic heterocycles. The molecule has 62 heavy (non-hydrogen) atoms. The number of quaternary nitrogens is 1. The van der Waals surface area contributed by atoms with E-state index in [1.165, 1.54) is 167 Å². The van der Waals surface area contributed by atoms with Gasteiger partial charge in [-0.3, -0.25) is 9.59 Å². The molecule has 0 aromatic heterocycles. The van der Waals surface area contributed by atoms with Gasteiger partial charge in [0.25, 0.3) is 6.29 Å². The molecular formula is C53H100NO8+. The highest BCUT2D eigenvalue weighted by Gasteiger charge is 2.25. The van der Waals surface area contributed by atoms with Crippen molar-refractivity contribution in [1.82, 2.24) is 0 Å². The van der Waals surface area contributed by atoms with Gasteiger partial charge in [-0.2, -0.15) is 0 Å². The van der Waals surface area contributed by atoms with Crippen molar-refractivity contribution in [3.63, 3.8) is 0 Å². The molecule has 0 bridgehead atoms. The minimum absolute atomic E-state index is 0.177. The largest absolute Gasteiger partial charge is 0.477 e. The molecule has 0 aliphatic rings. The molecule has 0 rings (SSSR count). The molecule has 0 aromatic rings. The van der Waals surface area contributed by atoms with Crippen LogP contribution in [0.25, 0.3) is 0 Å². The molecule has 364 valence electrons. The standard InChI is InChI=1S/C53H99NO8/c1-6-8-10-12-14-16-18-19-20-21-22-23-24-25-26-27-28-29-30-31-32-33-34-36-38-40-42-44-51(56)62-49(48-61-53(52(57)58)59-46-45-54(3,4)5)47-60-50(55)43-41-39-37-35-17-15-13-11-9-7-2/h18-19,21-22,49,53H,6-17,20,23-48H2,1-5H3/p+1/b19-18-,22-21-. The van der Waals surface area contributed by atoms with Gasteiger partial charge in [-0.1, -0.05) is 205 Å². The number of carboxylic acids is 1. The lowest BCUT2D eigenvalue weighted by Gasteiger charge is -2.25. The quantitative estimate of drug-likeness (QED) is 0.0212. The fourth-order valence-electron chi connectivity index (χ4n) is 7.40. The van der Waals surface area contributed by atoms with Crippen LogP contribution in [0.5, 0.6) is 0 Å². The van der Waals surface area contributed by atoms with Crippen molar-refractivity contribution in [1.29, 1.82) is 0 Å². The number of hydrogen-bond donors (Lipinski definition) is 1. The topological polar surface area (TPSA) is 108 Å². The third-order valence-corrected chi connectivity index (χ3v) is 11.5. The van der Waals surface area contributed by atoms with E-state index in [4.69, 9.17) is 18.9 Å². The van der Waals surface area contributed by atoms with Gasteiger partial charge in [-0.25, -0.2) is 4.79 Å². The van der Waals surface area contributed by atoms with E-state index in [9.17, 15) is 19.5 Å². The van der Waals surface area contributed by atoms with Crippen LogP contribution in [0.4, 0.5) is 0 Å². The van der Waals surface area contributed by atoms with Crippen LogP contribution in [0.1, 0.15) is 239 Å². The molecule has 0 heterocycles. The highest BCUT2D eigenvalue weighted by atomic mass is 16.7. The molecule has 0 radical (unpaired) electrons. The Morgan fingerprint density at radius 2 is 0.871 bits per heavy atom. The Labute approximate surface area is 382 Å². The summed E-state index contributed by atoms with van der Waals surface area (Å²) in [4.78, 5) is 37.1. The number of allylic oxidation sites excluding steroid dienone is 4. The molecule has 2 atom stereocenters. The van der Waals surface area contributed by atoms with Crippen molar-refractivity contribution in [3.8, 4) is 0 Å². The van der Waals surface area contributed by atoms with Crippen LogP contribution in [0, 0.1) is 0 Å². The van der Waals surface area contributed by atoms with E-state index < -0.39 is 24.3 Å². The second-order valence-electron chi connectivity index (χ2n) is 18.8. The van der Waals surface area contributed by atoms with Gasteiger partial charge in [0, 0.05) is 12.8 Å². The SMILES string of the molecule is CCCCCCC/C=C\C/C=C\CCCCCCCCCCCCCCCCCC(=O)OC(COC(=O)CCCCCCCCCCCC)COC(OCC[N+](C)(C)C)C(=O)O. The van der Waals surface area contributed by atoms with E-state index in [-0.39, 0.29) is 32.2 Å². The van der Waals surface area contributed by atoms with Crippen molar-refractivity contribution < 1.29 is 42.9 Å². The van der Waals surface area contributed by atoms with Crippen molar-refractivity contribution in [2.75, 3.05) is 47.5 Å². The minimum atomic E-state index is -1.50. The average Bonchev–Trinajstić information content (AvgIpc) is 3.23. The summed E-state index contributed by atoms with van der Waals surface area (Å²) < 4.78 is 22.8. The number of likely N-dealkylation sites (N-methyl/N-ethyl adjacent to an activating group) is 1. The maximum atomic E-state index is 12.8. The summed E-state index contributed by atoms with van der Waals surface area (Å²) >= 11 is 0. The summed E-state index contributed by atoms with van der Waals surface area (Å²) in [5.41, 5.74) is 0. The fourth-order valence-corrected chi connectivity index (χ4v) is 7.40. The average molecular weight is 879 g/mol. The summed E-state index contributed by atoms with van der Waals surface area (Å²) in [6.45, 7) is 4.87. The van der Waals surface area contributed by atoms with E-state index in [1.807, 2.05) is 21.1 Å². The number of carboxylic acid groups (broad SMARTS) is 1. The Morgan fingerprint density at radius 1 is 0.484 bits per heavy atom. The summed E-state index contributed by atoms with van der Waals surface area (Å²) in [5, 5.41) is 9.65. The van der Waals surface area contributed by atoms with Gasteiger partial charge in [0.1, 0.15) is 13.2 Å². The zero-order chi connectivity index (χ0) is 45.6. The van der Waals surface area contributed by atoms with Crippen LogP contribution in [-0.4, -0.2) is 87.4 Å². The summed E-state index contributed by atoms with van der Waals surface area (Å²) in [6.07, 6.45) is 48.3. The number of hydrogen-bond acceptors (Lipinski definition) is 7. The molecule has 2 unspecified atom stereocenters. The molecule has 9 heteroatoms. The Bertz CT molecular complexity index is 1070. The first-order valence-electron chi connectivity index (χ1n) is 26.0. The lowest BCUT2D eigenvalue weighted by atomic mass is 10.0. The Morgan fingerprint density at radius 3 is 1.27 bits per heavy atom. The van der Waals surface area contributed by atoms with Crippen LogP contribution in [0.3, 0.4) is 0 Å². The van der Waals surface area contributed by atoms with Crippen molar-refractivity contribution >= 4 is 17.9 Å². The second-order valence-corrected chi connectivity index (χ2v) is 18.8. The molecule has 0 saturated carbocycles. The zero-order valence-corrected chi connectivity index (χ0v) is 41.3. The van der Waals surface area contributed by atoms with Gasteiger partial charge >= 0.3 is 17.9 Å². The molecular weight excluding hydrogens is 779 g/mol. The first kappa shape index (κ1) is 59.8. The number of rotatable bonds is 48. The third-order valence-electron chi connectivity index (χ3n) is 11.5.